The maximum absolute atomic E-state index is 11.1. The Morgan fingerprint density at radius 3 is 2.15 bits per heavy atom. The first kappa shape index (κ1) is 18.8. The van der Waals surface area contributed by atoms with Gasteiger partial charge in [0.1, 0.15) is 8.07 Å². The van der Waals surface area contributed by atoms with Crippen molar-refractivity contribution >= 4 is 14.0 Å². The number of aliphatic carboxylic acids is 1. The fraction of sp³-hybridized carbons (Fsp3) is 0.688. The van der Waals surface area contributed by atoms with Gasteiger partial charge in [0.05, 0.1) is 12.2 Å². The average Bonchev–Trinajstić information content (AvgIpc) is 2.26. The van der Waals surface area contributed by atoms with Gasteiger partial charge in [0.2, 0.25) is 0 Å². The first-order valence-corrected chi connectivity index (χ1v) is 9.98. The lowest BCUT2D eigenvalue weighted by molar-refractivity contribution is -0.132. The maximum atomic E-state index is 11.1. The van der Waals surface area contributed by atoms with Crippen LogP contribution in [0.1, 0.15) is 41.5 Å². The summed E-state index contributed by atoms with van der Waals surface area (Å²) in [5.41, 5.74) is 3.48. The Morgan fingerprint density at radius 2 is 1.80 bits per heavy atom. The summed E-state index contributed by atoms with van der Waals surface area (Å²) in [5.74, 6) is 2.65. The quantitative estimate of drug-likeness (QED) is 0.368. The van der Waals surface area contributed by atoms with Crippen molar-refractivity contribution in [2.75, 3.05) is 6.61 Å². The van der Waals surface area contributed by atoms with E-state index in [4.69, 9.17) is 9.84 Å². The maximum Gasteiger partial charge on any atom is 0.335 e. The smallest absolute Gasteiger partial charge is 0.335 e. The van der Waals surface area contributed by atoms with E-state index in [1.165, 1.54) is 6.92 Å². The van der Waals surface area contributed by atoms with E-state index in [0.29, 0.717) is 18.3 Å². The molecule has 0 aromatic carbocycles. The van der Waals surface area contributed by atoms with Crippen LogP contribution in [0.25, 0.3) is 0 Å². The molecule has 0 aliphatic carbocycles. The molecule has 114 valence electrons. The molecular weight excluding hydrogens is 268 g/mol. The molecule has 0 spiro atoms. The van der Waals surface area contributed by atoms with Crippen LogP contribution in [0.15, 0.2) is 11.3 Å². The summed E-state index contributed by atoms with van der Waals surface area (Å²) in [6.45, 7) is 17.0. The van der Waals surface area contributed by atoms with E-state index in [2.05, 4.69) is 45.3 Å². The SMILES string of the molecule is C/C(C(=O)O)=C(/C#C[Si](C)(C)C(C)(C)C)OCC(C)C. The highest BCUT2D eigenvalue weighted by Crippen LogP contribution is 2.35. The minimum atomic E-state index is -1.77. The molecule has 20 heavy (non-hydrogen) atoms. The van der Waals surface area contributed by atoms with Gasteiger partial charge in [-0.1, -0.05) is 47.7 Å². The molecule has 3 nitrogen and oxygen atoms in total. The monoisotopic (exact) mass is 296 g/mol. The van der Waals surface area contributed by atoms with Gasteiger partial charge in [-0.2, -0.15) is 0 Å². The Kier molecular flexibility index (Phi) is 6.56. The molecule has 0 atom stereocenters. The molecule has 0 aromatic rings. The van der Waals surface area contributed by atoms with Crippen molar-refractivity contribution in [3.63, 3.8) is 0 Å². The highest BCUT2D eigenvalue weighted by molar-refractivity contribution is 6.87. The molecule has 0 fully saturated rings. The van der Waals surface area contributed by atoms with Crippen LogP contribution in [-0.2, 0) is 9.53 Å². The summed E-state index contributed by atoms with van der Waals surface area (Å²) >= 11 is 0. The third-order valence-electron chi connectivity index (χ3n) is 3.59. The van der Waals surface area contributed by atoms with E-state index in [1.807, 2.05) is 13.8 Å². The van der Waals surface area contributed by atoms with Crippen molar-refractivity contribution in [3.05, 3.63) is 11.3 Å². The largest absolute Gasteiger partial charge is 0.485 e. The molecule has 0 amide bonds. The van der Waals surface area contributed by atoms with Crippen LogP contribution in [0.2, 0.25) is 18.1 Å². The van der Waals surface area contributed by atoms with Crippen molar-refractivity contribution < 1.29 is 14.6 Å². The molecule has 0 bridgehead atoms. The summed E-state index contributed by atoms with van der Waals surface area (Å²) in [5, 5.41) is 9.25. The fourth-order valence-electron chi connectivity index (χ4n) is 0.986. The predicted octanol–water partition coefficient (Wildman–Crippen LogP) is 4.07. The third kappa shape index (κ3) is 5.83. The summed E-state index contributed by atoms with van der Waals surface area (Å²) < 4.78 is 5.58. The average molecular weight is 296 g/mol. The van der Waals surface area contributed by atoms with Gasteiger partial charge in [0.25, 0.3) is 0 Å². The minimum Gasteiger partial charge on any atom is -0.485 e. The number of carboxylic acids is 1. The zero-order chi connectivity index (χ0) is 16.1. The Balaban J connectivity index is 5.42. The van der Waals surface area contributed by atoms with Crippen molar-refractivity contribution in [3.8, 4) is 11.5 Å². The molecule has 1 N–H and O–H groups in total. The second-order valence-corrected chi connectivity index (χ2v) is 12.1. The van der Waals surface area contributed by atoms with Crippen molar-refractivity contribution in [2.24, 2.45) is 5.92 Å². The van der Waals surface area contributed by atoms with Crippen molar-refractivity contribution in [1.82, 2.24) is 0 Å². The molecule has 0 saturated heterocycles. The van der Waals surface area contributed by atoms with Crippen LogP contribution in [0, 0.1) is 17.4 Å². The van der Waals surface area contributed by atoms with E-state index in [1.54, 1.807) is 0 Å². The number of rotatable bonds is 4. The van der Waals surface area contributed by atoms with E-state index in [-0.39, 0.29) is 10.6 Å². The molecule has 0 rings (SSSR count). The molecule has 0 radical (unpaired) electrons. The molecule has 0 heterocycles. The third-order valence-corrected chi connectivity index (χ3v) is 8.09. The highest BCUT2D eigenvalue weighted by atomic mass is 28.3. The second-order valence-electron chi connectivity index (χ2n) is 7.09. The van der Waals surface area contributed by atoms with Crippen LogP contribution >= 0.6 is 0 Å². The molecule has 0 aliphatic rings. The molecule has 0 aromatic heterocycles. The Labute approximate surface area is 124 Å². The predicted molar refractivity (Wildman–Crippen MR) is 86.1 cm³/mol. The number of allylic oxidation sites excluding steroid dienone is 1. The summed E-state index contributed by atoms with van der Waals surface area (Å²) in [6, 6.07) is 0. The van der Waals surface area contributed by atoms with Gasteiger partial charge in [-0.15, -0.1) is 5.54 Å². The van der Waals surface area contributed by atoms with Gasteiger partial charge in [-0.3, -0.25) is 0 Å². The van der Waals surface area contributed by atoms with Gasteiger partial charge in [-0.25, -0.2) is 4.79 Å². The number of hydrogen-bond donors (Lipinski definition) is 1. The zero-order valence-corrected chi connectivity index (χ0v) is 15.0. The standard InChI is InChI=1S/C16H28O3Si/c1-12(2)11-19-14(13(3)15(17)18)9-10-20(7,8)16(4,5)6/h12H,11H2,1-8H3,(H,17,18)/b14-13+. The normalized spacial score (nSPS) is 13.4. The molecular formula is C16H28O3Si. The lowest BCUT2D eigenvalue weighted by Crippen LogP contribution is -2.35. The van der Waals surface area contributed by atoms with Gasteiger partial charge in [-0.05, 0) is 23.8 Å². The van der Waals surface area contributed by atoms with E-state index >= 15 is 0 Å². The topological polar surface area (TPSA) is 46.5 Å². The lowest BCUT2D eigenvalue weighted by Gasteiger charge is -2.31. The van der Waals surface area contributed by atoms with Crippen LogP contribution < -0.4 is 0 Å². The molecule has 4 heteroatoms. The first-order chi connectivity index (χ1) is 8.88. The van der Waals surface area contributed by atoms with Crippen LogP contribution in [0.5, 0.6) is 0 Å². The Hall–Kier alpha value is -1.21. The fourth-order valence-corrected chi connectivity index (χ4v) is 1.79. The Bertz CT molecular complexity index is 443. The lowest BCUT2D eigenvalue weighted by atomic mass is 10.2. The number of ether oxygens (including phenoxy) is 1. The summed E-state index contributed by atoms with van der Waals surface area (Å²) in [6.07, 6.45) is 0. The zero-order valence-electron chi connectivity index (χ0n) is 14.0. The van der Waals surface area contributed by atoms with Crippen LogP contribution in [0.3, 0.4) is 0 Å². The van der Waals surface area contributed by atoms with E-state index in [0.717, 1.165) is 0 Å². The Morgan fingerprint density at radius 1 is 1.30 bits per heavy atom. The molecule has 0 saturated carbocycles. The summed E-state index contributed by atoms with van der Waals surface area (Å²) in [7, 11) is -1.77. The second kappa shape index (κ2) is 6.99. The van der Waals surface area contributed by atoms with Crippen LogP contribution in [0.4, 0.5) is 0 Å². The van der Waals surface area contributed by atoms with Crippen LogP contribution in [-0.4, -0.2) is 25.8 Å². The number of carbonyl (C=O) groups is 1. The highest BCUT2D eigenvalue weighted by Gasteiger charge is 2.33. The minimum absolute atomic E-state index is 0.139. The van der Waals surface area contributed by atoms with Gasteiger partial charge in [0, 0.05) is 0 Å². The van der Waals surface area contributed by atoms with Crippen molar-refractivity contribution in [1.29, 1.82) is 0 Å². The molecule has 0 unspecified atom stereocenters. The van der Waals surface area contributed by atoms with Gasteiger partial charge >= 0.3 is 5.97 Å². The first-order valence-electron chi connectivity index (χ1n) is 6.98. The van der Waals surface area contributed by atoms with E-state index < -0.39 is 14.0 Å². The number of hydrogen-bond acceptors (Lipinski definition) is 2. The van der Waals surface area contributed by atoms with Gasteiger partial charge < -0.3 is 9.84 Å². The van der Waals surface area contributed by atoms with E-state index in [9.17, 15) is 4.79 Å². The summed E-state index contributed by atoms with van der Waals surface area (Å²) in [4.78, 5) is 11.1. The molecule has 0 aliphatic heterocycles. The van der Waals surface area contributed by atoms with Crippen molar-refractivity contribution in [2.45, 2.75) is 59.7 Å². The van der Waals surface area contributed by atoms with Gasteiger partial charge in [0.15, 0.2) is 5.76 Å². The number of carboxylic acid groups (broad SMARTS) is 1.